The minimum Gasteiger partial charge on any atom is -0.496 e. The molecule has 0 aliphatic carbocycles. The zero-order chi connectivity index (χ0) is 16.9. The molecule has 0 amide bonds. The lowest BCUT2D eigenvalue weighted by Gasteiger charge is -2.23. The first kappa shape index (κ1) is 15.8. The quantitative estimate of drug-likeness (QED) is 0.659. The molecule has 118 valence electrons. The van der Waals surface area contributed by atoms with Crippen LogP contribution in [0.5, 0.6) is 5.75 Å². The molecule has 0 bridgehead atoms. The van der Waals surface area contributed by atoms with Gasteiger partial charge in [-0.3, -0.25) is 0 Å². The fraction of sp³-hybridized carbons (Fsp3) is 0.143. The van der Waals surface area contributed by atoms with Gasteiger partial charge in [0, 0.05) is 11.5 Å². The monoisotopic (exact) mass is 315 g/mol. The number of nitriles is 1. The first-order valence-electron chi connectivity index (χ1n) is 7.75. The van der Waals surface area contributed by atoms with Crippen LogP contribution in [0, 0.1) is 17.2 Å². The molecule has 3 heteroatoms. The van der Waals surface area contributed by atoms with Crippen LogP contribution in [0.15, 0.2) is 66.7 Å². The molecule has 0 aliphatic heterocycles. The van der Waals surface area contributed by atoms with Gasteiger partial charge >= 0.3 is 0 Å². The number of methoxy groups -OCH3 is 1. The average Bonchev–Trinajstić information content (AvgIpc) is 2.66. The predicted octanol–water partition coefficient (Wildman–Crippen LogP) is 4.32. The van der Waals surface area contributed by atoms with Gasteiger partial charge in [-0.1, -0.05) is 60.7 Å². The molecule has 0 N–H and O–H groups in total. The molecule has 0 aromatic heterocycles. The van der Waals surface area contributed by atoms with E-state index in [0.29, 0.717) is 5.75 Å². The Balaban J connectivity index is 2.29. The molecule has 0 radical (unpaired) electrons. The van der Waals surface area contributed by atoms with E-state index in [1.54, 1.807) is 7.11 Å². The molecule has 24 heavy (non-hydrogen) atoms. The maximum atomic E-state index is 11.6. The van der Waals surface area contributed by atoms with E-state index in [0.717, 1.165) is 28.2 Å². The van der Waals surface area contributed by atoms with Gasteiger partial charge in [-0.15, -0.1) is 0 Å². The van der Waals surface area contributed by atoms with Crippen LogP contribution >= 0.6 is 0 Å². The number of ether oxygens (including phenoxy) is 1. The van der Waals surface area contributed by atoms with Crippen LogP contribution in [0.1, 0.15) is 17.0 Å². The van der Waals surface area contributed by atoms with Crippen LogP contribution < -0.4 is 4.74 Å². The molecule has 3 nitrogen and oxygen atoms in total. The summed E-state index contributed by atoms with van der Waals surface area (Å²) in [5.41, 5.74) is 1.80. The van der Waals surface area contributed by atoms with E-state index in [2.05, 4.69) is 6.07 Å². The van der Waals surface area contributed by atoms with Gasteiger partial charge in [0.25, 0.3) is 0 Å². The molecular weight excluding hydrogens is 298 g/mol. The standard InChI is InChI=1S/C21H17NO2/c1-24-20-12-5-4-10-19(20)21(16(13-22)14-23)18-11-6-8-15-7-2-3-9-17(15)18/h2-12,14,16,21H,1H3. The molecule has 0 aliphatic rings. The second kappa shape index (κ2) is 6.97. The van der Waals surface area contributed by atoms with Crippen LogP contribution in [0.3, 0.4) is 0 Å². The fourth-order valence-electron chi connectivity index (χ4n) is 3.18. The first-order chi connectivity index (χ1) is 11.8. The highest BCUT2D eigenvalue weighted by atomic mass is 16.5. The number of para-hydroxylation sites is 1. The average molecular weight is 315 g/mol. The highest BCUT2D eigenvalue weighted by Gasteiger charge is 2.28. The smallest absolute Gasteiger partial charge is 0.138 e. The van der Waals surface area contributed by atoms with E-state index in [1.165, 1.54) is 0 Å². The van der Waals surface area contributed by atoms with Crippen molar-refractivity contribution in [1.29, 1.82) is 5.26 Å². The van der Waals surface area contributed by atoms with E-state index >= 15 is 0 Å². The Bertz CT molecular complexity index is 906. The van der Waals surface area contributed by atoms with Gasteiger partial charge in [0.05, 0.1) is 13.2 Å². The van der Waals surface area contributed by atoms with Crippen molar-refractivity contribution in [1.82, 2.24) is 0 Å². The number of aldehydes is 1. The Labute approximate surface area is 141 Å². The second-order valence-corrected chi connectivity index (χ2v) is 5.58. The van der Waals surface area contributed by atoms with Crippen LogP contribution in [0.2, 0.25) is 0 Å². The molecule has 0 fully saturated rings. The van der Waals surface area contributed by atoms with Crippen molar-refractivity contribution >= 4 is 17.1 Å². The van der Waals surface area contributed by atoms with Gasteiger partial charge in [-0.25, -0.2) is 0 Å². The second-order valence-electron chi connectivity index (χ2n) is 5.58. The molecule has 3 aromatic rings. The summed E-state index contributed by atoms with van der Waals surface area (Å²) in [5.74, 6) is -0.487. The molecule has 3 rings (SSSR count). The Hall–Kier alpha value is -3.12. The van der Waals surface area contributed by atoms with Gasteiger partial charge in [0.2, 0.25) is 0 Å². The number of rotatable bonds is 5. The van der Waals surface area contributed by atoms with E-state index in [9.17, 15) is 10.1 Å². The van der Waals surface area contributed by atoms with Gasteiger partial charge in [0.15, 0.2) is 0 Å². The normalized spacial score (nSPS) is 13.0. The lowest BCUT2D eigenvalue weighted by Crippen LogP contribution is -2.15. The zero-order valence-corrected chi connectivity index (χ0v) is 13.3. The fourth-order valence-corrected chi connectivity index (χ4v) is 3.18. The van der Waals surface area contributed by atoms with Crippen molar-refractivity contribution in [3.8, 4) is 11.8 Å². The number of hydrogen-bond acceptors (Lipinski definition) is 3. The first-order valence-corrected chi connectivity index (χ1v) is 7.75. The molecule has 0 heterocycles. The minimum absolute atomic E-state index is 0.380. The van der Waals surface area contributed by atoms with E-state index < -0.39 is 5.92 Å². The van der Waals surface area contributed by atoms with Crippen molar-refractivity contribution in [3.05, 3.63) is 77.9 Å². The number of hydrogen-bond donors (Lipinski definition) is 0. The SMILES string of the molecule is COc1ccccc1C(c1cccc2ccccc12)C(C#N)C=O. The molecule has 0 spiro atoms. The molecule has 0 saturated carbocycles. The Kier molecular flexibility index (Phi) is 4.58. The zero-order valence-electron chi connectivity index (χ0n) is 13.3. The number of carbonyl (C=O) groups is 1. The summed E-state index contributed by atoms with van der Waals surface area (Å²) in [4.78, 5) is 11.6. The molecule has 3 aromatic carbocycles. The molecule has 2 atom stereocenters. The van der Waals surface area contributed by atoms with E-state index in [1.807, 2.05) is 66.7 Å². The van der Waals surface area contributed by atoms with Gasteiger partial charge in [0.1, 0.15) is 18.0 Å². The number of fused-ring (bicyclic) bond motifs is 1. The lowest BCUT2D eigenvalue weighted by atomic mass is 9.79. The third kappa shape index (κ3) is 2.75. The summed E-state index contributed by atoms with van der Waals surface area (Å²) in [6.45, 7) is 0. The summed E-state index contributed by atoms with van der Waals surface area (Å²) in [6, 6.07) is 23.6. The maximum absolute atomic E-state index is 11.6. The summed E-state index contributed by atoms with van der Waals surface area (Å²) in [7, 11) is 1.60. The highest BCUT2D eigenvalue weighted by Crippen LogP contribution is 2.39. The van der Waals surface area contributed by atoms with Crippen molar-refractivity contribution in [3.63, 3.8) is 0 Å². The van der Waals surface area contributed by atoms with E-state index in [4.69, 9.17) is 4.74 Å². The maximum Gasteiger partial charge on any atom is 0.138 e. The predicted molar refractivity (Wildman–Crippen MR) is 94.0 cm³/mol. The summed E-state index contributed by atoms with van der Waals surface area (Å²) < 4.78 is 5.47. The largest absolute Gasteiger partial charge is 0.496 e. The summed E-state index contributed by atoms with van der Waals surface area (Å²) >= 11 is 0. The molecule has 0 saturated heterocycles. The van der Waals surface area contributed by atoms with Crippen LogP contribution in [0.4, 0.5) is 0 Å². The Morgan fingerprint density at radius 2 is 1.62 bits per heavy atom. The number of nitrogens with zero attached hydrogens (tertiary/aromatic N) is 1. The van der Waals surface area contributed by atoms with Crippen molar-refractivity contribution < 1.29 is 9.53 Å². The number of carbonyl (C=O) groups excluding carboxylic acids is 1. The molecule has 2 unspecified atom stereocenters. The van der Waals surface area contributed by atoms with Gasteiger partial charge in [-0.2, -0.15) is 5.26 Å². The highest BCUT2D eigenvalue weighted by molar-refractivity contribution is 5.87. The van der Waals surface area contributed by atoms with Gasteiger partial charge < -0.3 is 9.53 Å². The van der Waals surface area contributed by atoms with Crippen molar-refractivity contribution in [2.75, 3.05) is 7.11 Å². The van der Waals surface area contributed by atoms with Crippen LogP contribution in [-0.4, -0.2) is 13.4 Å². The lowest BCUT2D eigenvalue weighted by molar-refractivity contribution is -0.110. The van der Waals surface area contributed by atoms with E-state index in [-0.39, 0.29) is 5.92 Å². The summed E-state index contributed by atoms with van der Waals surface area (Å²) in [6.07, 6.45) is 0.721. The van der Waals surface area contributed by atoms with Crippen LogP contribution in [-0.2, 0) is 4.79 Å². The number of benzene rings is 3. The Morgan fingerprint density at radius 3 is 2.38 bits per heavy atom. The summed E-state index contributed by atoms with van der Waals surface area (Å²) in [5, 5.41) is 11.7. The third-order valence-electron chi connectivity index (χ3n) is 4.29. The Morgan fingerprint density at radius 1 is 0.958 bits per heavy atom. The topological polar surface area (TPSA) is 50.1 Å². The van der Waals surface area contributed by atoms with Gasteiger partial charge in [-0.05, 0) is 22.4 Å². The van der Waals surface area contributed by atoms with Crippen LogP contribution in [0.25, 0.3) is 10.8 Å². The van der Waals surface area contributed by atoms with Crippen molar-refractivity contribution in [2.45, 2.75) is 5.92 Å². The third-order valence-corrected chi connectivity index (χ3v) is 4.29. The van der Waals surface area contributed by atoms with Crippen molar-refractivity contribution in [2.24, 2.45) is 5.92 Å². The minimum atomic E-state index is -0.785. The molecular formula is C21H17NO2.